The van der Waals surface area contributed by atoms with Gasteiger partial charge in [0.1, 0.15) is 11.3 Å². The Hall–Kier alpha value is -1.50. The molecule has 0 spiro atoms. The number of nitrogens with zero attached hydrogens (tertiary/aromatic N) is 2. The molecule has 0 bridgehead atoms. The van der Waals surface area contributed by atoms with E-state index in [0.717, 1.165) is 30.1 Å². The van der Waals surface area contributed by atoms with Gasteiger partial charge in [0.05, 0.1) is 24.9 Å². The average molecular weight is 302 g/mol. The molecule has 1 saturated carbocycles. The van der Waals surface area contributed by atoms with Gasteiger partial charge in [-0.15, -0.1) is 0 Å². The number of hydrogen-bond donors (Lipinski definition) is 1. The normalized spacial score (nSPS) is 23.1. The smallest absolute Gasteiger partial charge is 0.341 e. The van der Waals surface area contributed by atoms with E-state index in [1.807, 2.05) is 0 Å². The average Bonchev–Trinajstić information content (AvgIpc) is 2.77. The highest BCUT2D eigenvalue weighted by molar-refractivity contribution is 5.90. The highest BCUT2D eigenvalue weighted by Gasteiger charge is 2.32. The Morgan fingerprint density at radius 3 is 2.86 bits per heavy atom. The zero-order valence-corrected chi connectivity index (χ0v) is 12.0. The van der Waals surface area contributed by atoms with E-state index in [1.165, 1.54) is 0 Å². The van der Waals surface area contributed by atoms with Crippen LogP contribution in [0.5, 0.6) is 0 Å². The molecule has 7 heteroatoms. The van der Waals surface area contributed by atoms with Crippen molar-refractivity contribution in [3.8, 4) is 0 Å². The summed E-state index contributed by atoms with van der Waals surface area (Å²) in [6.45, 7) is 1.72. The first-order chi connectivity index (χ1) is 10.1. The van der Waals surface area contributed by atoms with Gasteiger partial charge < -0.3 is 9.84 Å². The fourth-order valence-electron chi connectivity index (χ4n) is 2.77. The largest absolute Gasteiger partial charge is 0.462 e. The lowest BCUT2D eigenvalue weighted by molar-refractivity contribution is 0.0505. The molecule has 2 unspecified atom stereocenters. The molecule has 0 saturated heterocycles. The highest BCUT2D eigenvalue weighted by atomic mass is 19.3. The summed E-state index contributed by atoms with van der Waals surface area (Å²) >= 11 is 0. The number of esters is 1. The maximum atomic E-state index is 13.4. The molecule has 0 radical (unpaired) electrons. The van der Waals surface area contributed by atoms with Crippen LogP contribution in [-0.2, 0) is 4.74 Å². The Kier molecular flexibility index (Phi) is 5.27. The number of ether oxygens (including phenoxy) is 1. The quantitative estimate of drug-likeness (QED) is 0.686. The highest BCUT2D eigenvalue weighted by Crippen LogP contribution is 2.33. The Morgan fingerprint density at radius 2 is 2.19 bits per heavy atom. The van der Waals surface area contributed by atoms with Crippen LogP contribution in [-0.4, -0.2) is 33.6 Å². The van der Waals surface area contributed by atoms with Crippen molar-refractivity contribution in [3.63, 3.8) is 0 Å². The number of aliphatic hydroxyl groups is 1. The van der Waals surface area contributed by atoms with E-state index in [0.29, 0.717) is 12.8 Å². The molecule has 1 heterocycles. The molecule has 2 rings (SSSR count). The van der Waals surface area contributed by atoms with Crippen LogP contribution >= 0.6 is 0 Å². The Balaban J connectivity index is 2.36. The molecular weight excluding hydrogens is 282 g/mol. The molecule has 1 fully saturated rings. The summed E-state index contributed by atoms with van der Waals surface area (Å²) in [4.78, 5) is 11.7. The minimum atomic E-state index is -2.85. The third-order valence-electron chi connectivity index (χ3n) is 3.79. The van der Waals surface area contributed by atoms with Gasteiger partial charge in [0.25, 0.3) is 6.43 Å². The van der Waals surface area contributed by atoms with E-state index in [-0.39, 0.29) is 12.2 Å². The fourth-order valence-corrected chi connectivity index (χ4v) is 2.77. The van der Waals surface area contributed by atoms with Gasteiger partial charge in [0.2, 0.25) is 0 Å². The van der Waals surface area contributed by atoms with Crippen LogP contribution in [0.4, 0.5) is 8.78 Å². The fraction of sp³-hybridized carbons (Fsp3) is 0.714. The van der Waals surface area contributed by atoms with E-state index < -0.39 is 30.2 Å². The van der Waals surface area contributed by atoms with Crippen molar-refractivity contribution in [2.24, 2.45) is 0 Å². The van der Waals surface area contributed by atoms with Gasteiger partial charge in [0, 0.05) is 0 Å². The molecule has 1 N–H and O–H groups in total. The number of rotatable bonds is 4. The zero-order valence-electron chi connectivity index (χ0n) is 12.0. The molecule has 0 amide bonds. The van der Waals surface area contributed by atoms with Crippen LogP contribution in [0, 0.1) is 0 Å². The number of aromatic nitrogens is 2. The first-order valence-corrected chi connectivity index (χ1v) is 7.27. The first-order valence-electron chi connectivity index (χ1n) is 7.27. The number of halogens is 2. The molecule has 1 aromatic heterocycles. The SMILES string of the molecule is CCOC(=O)c1cnn(C2CCCCCC2O)c1C(F)F. The van der Waals surface area contributed by atoms with Crippen molar-refractivity contribution in [1.29, 1.82) is 0 Å². The summed E-state index contributed by atoms with van der Waals surface area (Å²) in [5.74, 6) is -0.804. The lowest BCUT2D eigenvalue weighted by Crippen LogP contribution is -2.26. The number of aliphatic hydroxyl groups excluding tert-OH is 1. The lowest BCUT2D eigenvalue weighted by Gasteiger charge is -2.23. The Bertz CT molecular complexity index is 491. The Labute approximate surface area is 121 Å². The third kappa shape index (κ3) is 3.40. The molecule has 0 aromatic carbocycles. The summed E-state index contributed by atoms with van der Waals surface area (Å²) in [7, 11) is 0. The molecule has 1 aromatic rings. The van der Waals surface area contributed by atoms with Crippen molar-refractivity contribution in [3.05, 3.63) is 17.5 Å². The molecule has 1 aliphatic rings. The van der Waals surface area contributed by atoms with Crippen LogP contribution in [0.1, 0.15) is 67.5 Å². The summed E-state index contributed by atoms with van der Waals surface area (Å²) in [5.41, 5.74) is -0.678. The second-order valence-electron chi connectivity index (χ2n) is 5.18. The topological polar surface area (TPSA) is 64.3 Å². The van der Waals surface area contributed by atoms with Gasteiger partial charge in [-0.25, -0.2) is 13.6 Å². The molecule has 118 valence electrons. The molecule has 1 aliphatic carbocycles. The predicted octanol–water partition coefficient (Wildman–Crippen LogP) is 2.86. The summed E-state index contributed by atoms with van der Waals surface area (Å²) in [6, 6.07) is -0.514. The number of carbonyl (C=O) groups is 1. The van der Waals surface area contributed by atoms with Crippen LogP contribution in [0.2, 0.25) is 0 Å². The number of hydrogen-bond acceptors (Lipinski definition) is 4. The number of carbonyl (C=O) groups excluding carboxylic acids is 1. The molecular formula is C14H20F2N2O3. The van der Waals surface area contributed by atoms with Crippen molar-refractivity contribution in [2.45, 2.75) is 57.6 Å². The minimum Gasteiger partial charge on any atom is -0.462 e. The van der Waals surface area contributed by atoms with Crippen LogP contribution < -0.4 is 0 Å². The van der Waals surface area contributed by atoms with Crippen molar-refractivity contribution >= 4 is 5.97 Å². The summed E-state index contributed by atoms with van der Waals surface area (Å²) < 4.78 is 32.6. The molecule has 5 nitrogen and oxygen atoms in total. The van der Waals surface area contributed by atoms with Crippen LogP contribution in [0.3, 0.4) is 0 Å². The van der Waals surface area contributed by atoms with E-state index in [2.05, 4.69) is 5.10 Å². The zero-order chi connectivity index (χ0) is 15.4. The van der Waals surface area contributed by atoms with Crippen LogP contribution in [0.25, 0.3) is 0 Å². The van der Waals surface area contributed by atoms with Crippen molar-refractivity contribution in [2.75, 3.05) is 6.61 Å². The maximum Gasteiger partial charge on any atom is 0.341 e. The van der Waals surface area contributed by atoms with Gasteiger partial charge >= 0.3 is 5.97 Å². The van der Waals surface area contributed by atoms with E-state index in [1.54, 1.807) is 6.92 Å². The molecule has 2 atom stereocenters. The van der Waals surface area contributed by atoms with Crippen molar-refractivity contribution in [1.82, 2.24) is 9.78 Å². The number of alkyl halides is 2. The second-order valence-corrected chi connectivity index (χ2v) is 5.18. The van der Waals surface area contributed by atoms with E-state index >= 15 is 0 Å². The minimum absolute atomic E-state index is 0.110. The van der Waals surface area contributed by atoms with Gasteiger partial charge in [0.15, 0.2) is 0 Å². The second kappa shape index (κ2) is 6.98. The van der Waals surface area contributed by atoms with E-state index in [9.17, 15) is 18.7 Å². The van der Waals surface area contributed by atoms with Gasteiger partial charge in [-0.2, -0.15) is 5.10 Å². The standard InChI is InChI=1S/C14H20F2N2O3/c1-2-21-14(20)9-8-17-18(12(9)13(15)16)10-6-4-3-5-7-11(10)19/h8,10-11,13,19H,2-7H2,1H3. The predicted molar refractivity (Wildman–Crippen MR) is 71.3 cm³/mol. The first kappa shape index (κ1) is 15.9. The molecule has 0 aliphatic heterocycles. The summed E-state index contributed by atoms with van der Waals surface area (Å²) in [6.07, 6.45) is 1.35. The monoisotopic (exact) mass is 302 g/mol. The Morgan fingerprint density at radius 1 is 1.48 bits per heavy atom. The maximum absolute atomic E-state index is 13.4. The molecule has 21 heavy (non-hydrogen) atoms. The van der Waals surface area contributed by atoms with E-state index in [4.69, 9.17) is 4.74 Å². The van der Waals surface area contributed by atoms with Gasteiger partial charge in [-0.3, -0.25) is 4.68 Å². The van der Waals surface area contributed by atoms with Crippen molar-refractivity contribution < 1.29 is 23.4 Å². The third-order valence-corrected chi connectivity index (χ3v) is 3.79. The van der Waals surface area contributed by atoms with Gasteiger partial charge in [-0.1, -0.05) is 19.3 Å². The lowest BCUT2D eigenvalue weighted by atomic mass is 10.1. The van der Waals surface area contributed by atoms with Gasteiger partial charge in [-0.05, 0) is 19.8 Å². The summed E-state index contributed by atoms with van der Waals surface area (Å²) in [5, 5.41) is 14.1. The van der Waals surface area contributed by atoms with Crippen LogP contribution in [0.15, 0.2) is 6.20 Å².